The second kappa shape index (κ2) is 12.6. The molecule has 8 rings (SSSR count). The summed E-state index contributed by atoms with van der Waals surface area (Å²) in [5, 5.41) is 93.9. The molecule has 4 atom stereocenters. The summed E-state index contributed by atoms with van der Waals surface area (Å²) < 4.78 is 13.3. The van der Waals surface area contributed by atoms with Crippen LogP contribution in [0.4, 0.5) is 0 Å². The second-order valence-corrected chi connectivity index (χ2v) is 13.1. The van der Waals surface area contributed by atoms with Gasteiger partial charge >= 0.3 is 0 Å². The molecule has 9 N–H and O–H groups in total. The summed E-state index contributed by atoms with van der Waals surface area (Å²) in [4.78, 5) is 0. The lowest BCUT2D eigenvalue weighted by Crippen LogP contribution is -2.14. The maximum atomic E-state index is 10.7. The SMILES string of the molecule is Oc1ccc(/C=C/c2c3c(cc4c2[C@@H](c2cc(O)cc(O)c2)[C@H](c2ccc(O)c(O)c2)O4)O[C@H](c2ccc(O)c(O)c2)[C@H]3c2cc(O)cc(O)c2)cc1. The lowest BCUT2D eigenvalue weighted by Gasteiger charge is -2.24. The van der Waals surface area contributed by atoms with Crippen molar-refractivity contribution in [1.29, 1.82) is 0 Å². The highest BCUT2D eigenvalue weighted by Gasteiger charge is 2.46. The standard InChI is InChI=1S/C42H32O11/c43-25-6-1-20(2-7-25)3-8-30-39-35(52-41(21-4-9-31(48)33(50)15-21)37(39)23-11-26(44)17-27(45)12-23)19-36-40(30)38(24-13-28(46)18-29(47)14-24)42(53-36)22-5-10-32(49)34(51)16-22/h1-19,37-38,41-51H/b8-3+/t37-,38+,41+,42-. The minimum absolute atomic E-state index is 0.0814. The van der Waals surface area contributed by atoms with Gasteiger partial charge in [-0.05, 0) is 94.0 Å². The molecule has 2 heterocycles. The third-order valence-corrected chi connectivity index (χ3v) is 9.67. The molecule has 0 saturated carbocycles. The van der Waals surface area contributed by atoms with Crippen molar-refractivity contribution in [2.45, 2.75) is 24.0 Å². The van der Waals surface area contributed by atoms with Crippen molar-refractivity contribution in [3.63, 3.8) is 0 Å². The Morgan fingerprint density at radius 3 is 1.23 bits per heavy atom. The summed E-state index contributed by atoms with van der Waals surface area (Å²) in [5.74, 6) is -2.89. The van der Waals surface area contributed by atoms with Gasteiger partial charge in [-0.15, -0.1) is 0 Å². The summed E-state index contributed by atoms with van der Waals surface area (Å²) in [5.41, 5.74) is 4.40. The average molecular weight is 713 g/mol. The summed E-state index contributed by atoms with van der Waals surface area (Å²) >= 11 is 0. The van der Waals surface area contributed by atoms with E-state index in [1.807, 2.05) is 12.2 Å². The molecule has 6 aromatic rings. The number of phenolic OH excluding ortho intramolecular Hbond substituents is 9. The van der Waals surface area contributed by atoms with E-state index >= 15 is 0 Å². The van der Waals surface area contributed by atoms with Gasteiger partial charge in [0.15, 0.2) is 23.0 Å². The van der Waals surface area contributed by atoms with Gasteiger partial charge in [-0.3, -0.25) is 0 Å². The van der Waals surface area contributed by atoms with Gasteiger partial charge in [0.05, 0.1) is 11.8 Å². The minimum Gasteiger partial charge on any atom is -0.508 e. The topological polar surface area (TPSA) is 201 Å². The van der Waals surface area contributed by atoms with Gasteiger partial charge in [0.2, 0.25) is 0 Å². The molecule has 0 aromatic heterocycles. The van der Waals surface area contributed by atoms with Gasteiger partial charge < -0.3 is 55.4 Å². The van der Waals surface area contributed by atoms with Crippen molar-refractivity contribution >= 4 is 12.2 Å². The molecule has 0 bridgehead atoms. The van der Waals surface area contributed by atoms with Gasteiger partial charge in [-0.2, -0.15) is 0 Å². The number of ether oxygens (including phenoxy) is 2. The first-order valence-electron chi connectivity index (χ1n) is 16.5. The van der Waals surface area contributed by atoms with E-state index in [1.165, 1.54) is 60.7 Å². The fraction of sp³-hybridized carbons (Fsp3) is 0.0952. The van der Waals surface area contributed by atoms with Crippen molar-refractivity contribution in [2.24, 2.45) is 0 Å². The van der Waals surface area contributed by atoms with Crippen LogP contribution in [-0.4, -0.2) is 46.0 Å². The van der Waals surface area contributed by atoms with Gasteiger partial charge in [0, 0.05) is 29.3 Å². The smallest absolute Gasteiger partial charge is 0.157 e. The molecule has 0 spiro atoms. The Morgan fingerprint density at radius 1 is 0.377 bits per heavy atom. The summed E-state index contributed by atoms with van der Waals surface area (Å²) in [7, 11) is 0. The average Bonchev–Trinajstić information content (AvgIpc) is 3.68. The molecule has 0 unspecified atom stereocenters. The maximum absolute atomic E-state index is 10.7. The number of hydrogen-bond donors (Lipinski definition) is 9. The Morgan fingerprint density at radius 2 is 0.811 bits per heavy atom. The van der Waals surface area contributed by atoms with E-state index in [9.17, 15) is 46.0 Å². The highest BCUT2D eigenvalue weighted by molar-refractivity contribution is 5.80. The molecule has 11 heteroatoms. The van der Waals surface area contributed by atoms with E-state index in [4.69, 9.17) is 9.47 Å². The Hall–Kier alpha value is -7.14. The number of benzene rings is 6. The van der Waals surface area contributed by atoms with Gasteiger partial charge in [-0.25, -0.2) is 0 Å². The Kier molecular flexibility index (Phi) is 7.83. The van der Waals surface area contributed by atoms with E-state index in [0.717, 1.165) is 5.56 Å². The van der Waals surface area contributed by atoms with Crippen LogP contribution in [0.3, 0.4) is 0 Å². The van der Waals surface area contributed by atoms with E-state index < -0.39 is 24.0 Å². The predicted octanol–water partition coefficient (Wildman–Crippen LogP) is 7.74. The zero-order valence-corrected chi connectivity index (χ0v) is 27.6. The van der Waals surface area contributed by atoms with Crippen LogP contribution in [0.15, 0.2) is 103 Å². The van der Waals surface area contributed by atoms with Crippen LogP contribution < -0.4 is 9.47 Å². The number of phenols is 9. The molecule has 0 fully saturated rings. The first kappa shape index (κ1) is 33.0. The summed E-state index contributed by atoms with van der Waals surface area (Å²) in [6.07, 6.45) is 1.96. The molecule has 53 heavy (non-hydrogen) atoms. The molecule has 11 nitrogen and oxygen atoms in total. The number of hydrogen-bond acceptors (Lipinski definition) is 11. The normalized spacial score (nSPS) is 18.7. The molecular weight excluding hydrogens is 680 g/mol. The third kappa shape index (κ3) is 5.93. The zero-order chi connectivity index (χ0) is 37.1. The monoisotopic (exact) mass is 712 g/mol. The number of aromatic hydroxyl groups is 9. The first-order chi connectivity index (χ1) is 25.4. The molecular formula is C42H32O11. The van der Waals surface area contributed by atoms with Gasteiger partial charge in [0.1, 0.15) is 52.5 Å². The van der Waals surface area contributed by atoms with Crippen molar-refractivity contribution < 1.29 is 55.4 Å². The fourth-order valence-electron chi connectivity index (χ4n) is 7.41. The van der Waals surface area contributed by atoms with Crippen LogP contribution in [0.25, 0.3) is 12.2 Å². The van der Waals surface area contributed by atoms with Crippen LogP contribution in [0.2, 0.25) is 0 Å². The van der Waals surface area contributed by atoms with Crippen LogP contribution in [0, 0.1) is 0 Å². The highest BCUT2D eigenvalue weighted by Crippen LogP contribution is 2.60. The van der Waals surface area contributed by atoms with E-state index in [0.29, 0.717) is 50.4 Å². The molecule has 2 aliphatic heterocycles. The van der Waals surface area contributed by atoms with E-state index in [-0.39, 0.29) is 51.7 Å². The fourth-order valence-corrected chi connectivity index (χ4v) is 7.41. The zero-order valence-electron chi connectivity index (χ0n) is 27.6. The Bertz CT molecular complexity index is 2260. The quantitative estimate of drug-likeness (QED) is 0.0604. The predicted molar refractivity (Wildman–Crippen MR) is 193 cm³/mol. The van der Waals surface area contributed by atoms with Crippen LogP contribution in [-0.2, 0) is 0 Å². The van der Waals surface area contributed by atoms with Crippen molar-refractivity contribution in [3.8, 4) is 63.2 Å². The van der Waals surface area contributed by atoms with Crippen molar-refractivity contribution in [3.05, 3.63) is 148 Å². The lowest BCUT2D eigenvalue weighted by atomic mass is 9.77. The molecule has 0 aliphatic carbocycles. The lowest BCUT2D eigenvalue weighted by molar-refractivity contribution is 0.212. The van der Waals surface area contributed by atoms with Gasteiger partial charge in [0.25, 0.3) is 0 Å². The largest absolute Gasteiger partial charge is 0.508 e. The molecule has 6 aromatic carbocycles. The summed E-state index contributed by atoms with van der Waals surface area (Å²) in [6, 6.07) is 25.3. The molecule has 266 valence electrons. The van der Waals surface area contributed by atoms with E-state index in [1.54, 1.807) is 42.5 Å². The number of fused-ring (bicyclic) bond motifs is 2. The van der Waals surface area contributed by atoms with Crippen LogP contribution in [0.1, 0.15) is 68.6 Å². The molecule has 0 saturated heterocycles. The van der Waals surface area contributed by atoms with Crippen molar-refractivity contribution in [2.75, 3.05) is 0 Å². The summed E-state index contributed by atoms with van der Waals surface area (Å²) in [6.45, 7) is 0. The Balaban J connectivity index is 1.42. The maximum Gasteiger partial charge on any atom is 0.157 e. The second-order valence-electron chi connectivity index (χ2n) is 13.1. The Labute approximate surface area is 302 Å². The molecule has 0 radical (unpaired) electrons. The third-order valence-electron chi connectivity index (χ3n) is 9.67. The first-order valence-corrected chi connectivity index (χ1v) is 16.5. The molecule has 2 aliphatic rings. The molecule has 0 amide bonds. The highest BCUT2D eigenvalue weighted by atomic mass is 16.5. The van der Waals surface area contributed by atoms with Crippen LogP contribution in [0.5, 0.6) is 63.2 Å². The van der Waals surface area contributed by atoms with Crippen LogP contribution >= 0.6 is 0 Å². The van der Waals surface area contributed by atoms with E-state index in [2.05, 4.69) is 0 Å². The minimum atomic E-state index is -0.853. The van der Waals surface area contributed by atoms with Gasteiger partial charge in [-0.1, -0.05) is 36.4 Å². The van der Waals surface area contributed by atoms with Crippen molar-refractivity contribution in [1.82, 2.24) is 0 Å². The number of rotatable bonds is 6.